The first-order valence-electron chi connectivity index (χ1n) is 10.5. The van der Waals surface area contributed by atoms with E-state index in [9.17, 15) is 8.78 Å². The second kappa shape index (κ2) is 12.6. The van der Waals surface area contributed by atoms with E-state index in [4.69, 9.17) is 0 Å². The molecule has 3 aromatic rings. The van der Waals surface area contributed by atoms with Crippen molar-refractivity contribution in [3.63, 3.8) is 0 Å². The van der Waals surface area contributed by atoms with Gasteiger partial charge in [0.25, 0.3) is 0 Å². The third-order valence-corrected chi connectivity index (χ3v) is 4.43. The molecule has 0 unspecified atom stereocenters. The molecular weight excluding hydrogens is 436 g/mol. The lowest BCUT2D eigenvalue weighted by Crippen LogP contribution is -2.09. The molecule has 0 bridgehead atoms. The summed E-state index contributed by atoms with van der Waals surface area (Å²) >= 11 is 0. The van der Waals surface area contributed by atoms with Crippen LogP contribution in [-0.4, -0.2) is 27.7 Å². The summed E-state index contributed by atoms with van der Waals surface area (Å²) in [5.74, 6) is -0.390. The molecule has 0 aliphatic heterocycles. The van der Waals surface area contributed by atoms with Crippen LogP contribution in [0.2, 0.25) is 0 Å². The van der Waals surface area contributed by atoms with Crippen molar-refractivity contribution in [3.05, 3.63) is 102 Å². The van der Waals surface area contributed by atoms with Crippen LogP contribution in [-0.2, 0) is 6.67 Å². The fourth-order valence-electron chi connectivity index (χ4n) is 2.88. The Balaban J connectivity index is 1.58. The molecule has 0 aliphatic rings. The summed E-state index contributed by atoms with van der Waals surface area (Å²) in [6, 6.07) is 10.7. The molecule has 0 atom stereocenters. The molecule has 0 spiro atoms. The van der Waals surface area contributed by atoms with Crippen LogP contribution in [0.4, 0.5) is 31.9 Å². The van der Waals surface area contributed by atoms with Gasteiger partial charge in [-0.05, 0) is 42.3 Å². The number of hydrogen-bond donors (Lipinski definition) is 3. The number of aromatic nitrogens is 3. The fourth-order valence-corrected chi connectivity index (χ4v) is 2.88. The van der Waals surface area contributed by atoms with Crippen LogP contribution in [0.1, 0.15) is 18.2 Å². The topological polar surface area (TPSA) is 87.1 Å². The van der Waals surface area contributed by atoms with Crippen molar-refractivity contribution in [1.29, 1.82) is 0 Å². The minimum Gasteiger partial charge on any atom is -0.363 e. The van der Waals surface area contributed by atoms with Crippen molar-refractivity contribution in [2.45, 2.75) is 13.6 Å². The molecule has 0 saturated heterocycles. The Bertz CT molecular complexity index is 1190. The van der Waals surface area contributed by atoms with Crippen LogP contribution in [0, 0.1) is 5.82 Å². The third-order valence-electron chi connectivity index (χ3n) is 4.43. The van der Waals surface area contributed by atoms with E-state index in [1.54, 1.807) is 36.5 Å². The van der Waals surface area contributed by atoms with Crippen LogP contribution in [0.5, 0.6) is 0 Å². The van der Waals surface area contributed by atoms with Crippen molar-refractivity contribution >= 4 is 29.4 Å². The average Bonchev–Trinajstić information content (AvgIpc) is 2.85. The summed E-state index contributed by atoms with van der Waals surface area (Å²) in [5.41, 5.74) is 6.30. The van der Waals surface area contributed by atoms with Crippen molar-refractivity contribution < 1.29 is 8.78 Å². The minimum atomic E-state index is -0.574. The number of hydrogen-bond acceptors (Lipinski definition) is 7. The van der Waals surface area contributed by atoms with E-state index < -0.39 is 12.5 Å². The molecule has 0 radical (unpaired) electrons. The van der Waals surface area contributed by atoms with Gasteiger partial charge in [-0.1, -0.05) is 43.0 Å². The average molecular weight is 462 g/mol. The second-order valence-corrected chi connectivity index (χ2v) is 7.02. The van der Waals surface area contributed by atoms with Gasteiger partial charge < -0.3 is 10.6 Å². The van der Waals surface area contributed by atoms with Gasteiger partial charge in [-0.15, -0.1) is 0 Å². The molecule has 0 fully saturated rings. The van der Waals surface area contributed by atoms with Gasteiger partial charge in [-0.25, -0.2) is 19.2 Å². The summed E-state index contributed by atoms with van der Waals surface area (Å²) in [4.78, 5) is 12.3. The van der Waals surface area contributed by atoms with Crippen LogP contribution in [0.25, 0.3) is 0 Å². The summed E-state index contributed by atoms with van der Waals surface area (Å²) in [6.07, 6.45) is 11.5. The zero-order valence-electron chi connectivity index (χ0n) is 18.7. The van der Waals surface area contributed by atoms with E-state index in [-0.39, 0.29) is 11.8 Å². The molecule has 9 heteroatoms. The van der Waals surface area contributed by atoms with Crippen LogP contribution < -0.4 is 16.1 Å². The first-order chi connectivity index (χ1) is 16.6. The lowest BCUT2D eigenvalue weighted by Gasteiger charge is -2.08. The Morgan fingerprint density at radius 1 is 1.15 bits per heavy atom. The number of pyridine rings is 1. The zero-order valence-corrected chi connectivity index (χ0v) is 18.7. The van der Waals surface area contributed by atoms with Crippen molar-refractivity contribution in [2.75, 3.05) is 22.6 Å². The summed E-state index contributed by atoms with van der Waals surface area (Å²) in [6.45, 7) is 5.42. The zero-order chi connectivity index (χ0) is 24.2. The van der Waals surface area contributed by atoms with Gasteiger partial charge in [0.2, 0.25) is 5.95 Å². The lowest BCUT2D eigenvalue weighted by molar-refractivity contribution is 0.485. The largest absolute Gasteiger partial charge is 0.363 e. The Morgan fingerprint density at radius 3 is 2.76 bits per heavy atom. The number of hydrazone groups is 1. The quantitative estimate of drug-likeness (QED) is 0.191. The van der Waals surface area contributed by atoms with Gasteiger partial charge in [0, 0.05) is 12.2 Å². The second-order valence-electron chi connectivity index (χ2n) is 7.02. The van der Waals surface area contributed by atoms with Crippen molar-refractivity contribution in [3.8, 4) is 0 Å². The van der Waals surface area contributed by atoms with Gasteiger partial charge in [0.15, 0.2) is 11.6 Å². The SMILES string of the molecule is C=C/C=C(\C=C/C)CNc1nc(N/N=C/c2ccc(Nc3cccc(CF)c3)cn2)ncc1F. The van der Waals surface area contributed by atoms with Gasteiger partial charge in [-0.3, -0.25) is 4.98 Å². The number of nitrogens with one attached hydrogen (secondary N) is 3. The number of nitrogens with zero attached hydrogens (tertiary/aromatic N) is 4. The van der Waals surface area contributed by atoms with Crippen LogP contribution >= 0.6 is 0 Å². The number of anilines is 4. The van der Waals surface area contributed by atoms with Gasteiger partial charge >= 0.3 is 0 Å². The van der Waals surface area contributed by atoms with Gasteiger partial charge in [0.05, 0.1) is 30.0 Å². The lowest BCUT2D eigenvalue weighted by atomic mass is 10.2. The van der Waals surface area contributed by atoms with E-state index in [1.165, 1.54) is 6.21 Å². The Morgan fingerprint density at radius 2 is 2.03 bits per heavy atom. The first-order valence-corrected chi connectivity index (χ1v) is 10.5. The summed E-state index contributed by atoms with van der Waals surface area (Å²) in [5, 5.41) is 10.2. The number of allylic oxidation sites excluding steroid dienone is 3. The Kier molecular flexibility index (Phi) is 8.98. The number of halogens is 2. The van der Waals surface area contributed by atoms with E-state index in [0.717, 1.165) is 23.1 Å². The smallest absolute Gasteiger partial charge is 0.245 e. The third kappa shape index (κ3) is 7.33. The highest BCUT2D eigenvalue weighted by atomic mass is 19.1. The molecule has 0 amide bonds. The monoisotopic (exact) mass is 461 g/mol. The molecular formula is C25H25F2N7. The maximum absolute atomic E-state index is 14.1. The van der Waals surface area contributed by atoms with Crippen molar-refractivity contribution in [1.82, 2.24) is 15.0 Å². The van der Waals surface area contributed by atoms with Gasteiger partial charge in [-0.2, -0.15) is 10.1 Å². The predicted molar refractivity (Wildman–Crippen MR) is 134 cm³/mol. The summed E-state index contributed by atoms with van der Waals surface area (Å²) < 4.78 is 26.9. The maximum atomic E-state index is 14.1. The summed E-state index contributed by atoms with van der Waals surface area (Å²) in [7, 11) is 0. The Hall–Kier alpha value is -4.40. The predicted octanol–water partition coefficient (Wildman–Crippen LogP) is 5.77. The van der Waals surface area contributed by atoms with E-state index in [2.05, 4.69) is 42.7 Å². The normalized spacial score (nSPS) is 11.7. The van der Waals surface area contributed by atoms with E-state index in [1.807, 2.05) is 37.3 Å². The van der Waals surface area contributed by atoms with E-state index >= 15 is 0 Å². The van der Waals surface area contributed by atoms with Gasteiger partial charge in [0.1, 0.15) is 6.67 Å². The minimum absolute atomic E-state index is 0.0533. The van der Waals surface area contributed by atoms with Crippen LogP contribution in [0.3, 0.4) is 0 Å². The molecule has 2 heterocycles. The van der Waals surface area contributed by atoms with E-state index in [0.29, 0.717) is 17.8 Å². The van der Waals surface area contributed by atoms with Crippen LogP contribution in [0.15, 0.2) is 90.3 Å². The fraction of sp³-hybridized carbons (Fsp3) is 0.120. The molecule has 7 nitrogen and oxygen atoms in total. The number of rotatable bonds is 11. The molecule has 1 aromatic carbocycles. The maximum Gasteiger partial charge on any atom is 0.245 e. The highest BCUT2D eigenvalue weighted by Gasteiger charge is 2.06. The molecule has 0 aliphatic carbocycles. The number of benzene rings is 1. The Labute approximate surface area is 197 Å². The molecule has 174 valence electrons. The molecule has 2 aromatic heterocycles. The molecule has 34 heavy (non-hydrogen) atoms. The molecule has 3 N–H and O–H groups in total. The van der Waals surface area contributed by atoms with Crippen molar-refractivity contribution in [2.24, 2.45) is 5.10 Å². The highest BCUT2D eigenvalue weighted by Crippen LogP contribution is 2.18. The highest BCUT2D eigenvalue weighted by molar-refractivity contribution is 5.78. The standard InChI is InChI=1S/C25H25F2N7/c1-3-6-18(7-4-2)14-29-24-23(27)17-30-25(33-24)34-31-16-21-10-11-22(15-28-21)32-20-9-5-8-19(12-20)13-26/h3-12,15-17,32H,1,13-14H2,2H3,(H2,29,30,33,34)/b7-4-,18-6+,31-16+. The molecule has 0 saturated carbocycles. The first kappa shape index (κ1) is 24.2. The molecule has 3 rings (SSSR count). The number of alkyl halides is 1.